The number of fused-ring (bicyclic) bond motifs is 1. The molecule has 1 heterocycles. The molecule has 0 atom stereocenters. The highest BCUT2D eigenvalue weighted by molar-refractivity contribution is 6.29. The number of ether oxygens (including phenoxy) is 1. The van der Waals surface area contributed by atoms with Crippen LogP contribution in [0.5, 0.6) is 11.5 Å². The van der Waals surface area contributed by atoms with Gasteiger partial charge in [0, 0.05) is 18.0 Å². The molecular weight excluding hydrogens is 422 g/mol. The maximum absolute atomic E-state index is 9.62. The van der Waals surface area contributed by atoms with E-state index in [-0.39, 0.29) is 5.75 Å². The lowest BCUT2D eigenvalue weighted by molar-refractivity contribution is 0.318. The van der Waals surface area contributed by atoms with Gasteiger partial charge < -0.3 is 19.6 Å². The third-order valence-electron chi connectivity index (χ3n) is 5.32. The van der Waals surface area contributed by atoms with Gasteiger partial charge in [0.05, 0.1) is 0 Å². The first-order chi connectivity index (χ1) is 15.6. The Kier molecular flexibility index (Phi) is 7.15. The molecule has 3 aromatic carbocycles. The average molecular weight is 448 g/mol. The van der Waals surface area contributed by atoms with Crippen LogP contribution in [0, 0.1) is 0 Å². The summed E-state index contributed by atoms with van der Waals surface area (Å²) in [6.07, 6.45) is 3.81. The number of benzene rings is 3. The quantitative estimate of drug-likeness (QED) is 0.297. The SMILES string of the molecule is CNCCOc1ccc(CC=C(Cc2ccc(O)cc2)c2ccc3oc(Cl)cc3c2)cc1. The van der Waals surface area contributed by atoms with Gasteiger partial charge in [0.25, 0.3) is 0 Å². The topological polar surface area (TPSA) is 54.6 Å². The number of likely N-dealkylation sites (N-methyl/N-ethyl adjacent to an activating group) is 1. The lowest BCUT2D eigenvalue weighted by atomic mass is 9.95. The van der Waals surface area contributed by atoms with E-state index in [4.69, 9.17) is 20.8 Å². The van der Waals surface area contributed by atoms with E-state index in [0.29, 0.717) is 11.8 Å². The first kappa shape index (κ1) is 22.0. The summed E-state index contributed by atoms with van der Waals surface area (Å²) in [5.41, 5.74) is 5.44. The number of allylic oxidation sites excluding steroid dienone is 2. The summed E-state index contributed by atoms with van der Waals surface area (Å²) in [6.45, 7) is 1.46. The summed E-state index contributed by atoms with van der Waals surface area (Å²) >= 11 is 6.03. The second-order valence-corrected chi connectivity index (χ2v) is 8.05. The molecule has 0 unspecified atom stereocenters. The molecule has 4 nitrogen and oxygen atoms in total. The number of aromatic hydroxyl groups is 1. The zero-order valence-electron chi connectivity index (χ0n) is 18.0. The van der Waals surface area contributed by atoms with Gasteiger partial charge in [-0.25, -0.2) is 0 Å². The second-order valence-electron chi connectivity index (χ2n) is 7.68. The molecule has 164 valence electrons. The molecule has 0 fully saturated rings. The van der Waals surface area contributed by atoms with Gasteiger partial charge in [-0.3, -0.25) is 0 Å². The van der Waals surface area contributed by atoms with Crippen molar-refractivity contribution in [3.05, 3.63) is 101 Å². The van der Waals surface area contributed by atoms with Gasteiger partial charge in [-0.1, -0.05) is 36.4 Å². The summed E-state index contributed by atoms with van der Waals surface area (Å²) in [6, 6.07) is 23.5. The fourth-order valence-electron chi connectivity index (χ4n) is 3.57. The van der Waals surface area contributed by atoms with Crippen molar-refractivity contribution < 1.29 is 14.3 Å². The zero-order valence-corrected chi connectivity index (χ0v) is 18.7. The largest absolute Gasteiger partial charge is 0.508 e. The number of hydrogen-bond donors (Lipinski definition) is 2. The van der Waals surface area contributed by atoms with Crippen LogP contribution in [0.2, 0.25) is 5.22 Å². The van der Waals surface area contributed by atoms with Crippen LogP contribution in [0.1, 0.15) is 16.7 Å². The van der Waals surface area contributed by atoms with E-state index < -0.39 is 0 Å². The highest BCUT2D eigenvalue weighted by atomic mass is 35.5. The van der Waals surface area contributed by atoms with Crippen LogP contribution in [-0.4, -0.2) is 25.3 Å². The molecule has 0 bridgehead atoms. The lowest BCUT2D eigenvalue weighted by Crippen LogP contribution is -2.15. The molecule has 0 aliphatic carbocycles. The Morgan fingerprint density at radius 2 is 1.75 bits per heavy atom. The van der Waals surface area contributed by atoms with Gasteiger partial charge in [-0.2, -0.15) is 0 Å². The third-order valence-corrected chi connectivity index (χ3v) is 5.50. The summed E-state index contributed by atoms with van der Waals surface area (Å²) in [7, 11) is 1.91. The number of hydrogen-bond acceptors (Lipinski definition) is 4. The molecule has 0 spiro atoms. The Bertz CT molecular complexity index is 1190. The number of phenolic OH excluding ortho intramolecular Hbond substituents is 1. The molecule has 2 N–H and O–H groups in total. The molecule has 0 aliphatic rings. The smallest absolute Gasteiger partial charge is 0.194 e. The molecule has 5 heteroatoms. The average Bonchev–Trinajstić information content (AvgIpc) is 3.18. The second kappa shape index (κ2) is 10.4. The normalized spacial score (nSPS) is 11.8. The van der Waals surface area contributed by atoms with Crippen LogP contribution in [0.4, 0.5) is 0 Å². The van der Waals surface area contributed by atoms with Crippen molar-refractivity contribution in [1.29, 1.82) is 0 Å². The van der Waals surface area contributed by atoms with Gasteiger partial charge in [-0.05, 0) is 90.2 Å². The van der Waals surface area contributed by atoms with Crippen molar-refractivity contribution >= 4 is 28.1 Å². The van der Waals surface area contributed by atoms with E-state index >= 15 is 0 Å². The lowest BCUT2D eigenvalue weighted by Gasteiger charge is -2.10. The minimum Gasteiger partial charge on any atom is -0.508 e. The molecule has 0 amide bonds. The molecular formula is C27H26ClNO3. The van der Waals surface area contributed by atoms with E-state index in [2.05, 4.69) is 35.7 Å². The first-order valence-electron chi connectivity index (χ1n) is 10.6. The van der Waals surface area contributed by atoms with Crippen molar-refractivity contribution in [1.82, 2.24) is 5.32 Å². The van der Waals surface area contributed by atoms with Crippen molar-refractivity contribution in [2.75, 3.05) is 20.2 Å². The first-order valence-corrected chi connectivity index (χ1v) is 11.0. The van der Waals surface area contributed by atoms with Crippen molar-refractivity contribution in [2.45, 2.75) is 12.8 Å². The van der Waals surface area contributed by atoms with E-state index in [1.807, 2.05) is 43.4 Å². The Morgan fingerprint density at radius 3 is 2.50 bits per heavy atom. The van der Waals surface area contributed by atoms with Crippen LogP contribution in [0.3, 0.4) is 0 Å². The summed E-state index contributed by atoms with van der Waals surface area (Å²) in [5.74, 6) is 1.14. The van der Waals surface area contributed by atoms with Crippen LogP contribution >= 0.6 is 11.6 Å². The highest BCUT2D eigenvalue weighted by Gasteiger charge is 2.08. The van der Waals surface area contributed by atoms with E-state index in [1.54, 1.807) is 12.1 Å². The Labute approximate surface area is 193 Å². The van der Waals surface area contributed by atoms with Crippen LogP contribution < -0.4 is 10.1 Å². The van der Waals surface area contributed by atoms with Crippen LogP contribution in [0.25, 0.3) is 16.5 Å². The Balaban J connectivity index is 1.57. The molecule has 32 heavy (non-hydrogen) atoms. The van der Waals surface area contributed by atoms with Crippen molar-refractivity contribution in [3.8, 4) is 11.5 Å². The van der Waals surface area contributed by atoms with E-state index in [1.165, 1.54) is 11.1 Å². The standard InChI is InChI=1S/C27H26ClNO3/c1-29-14-15-31-25-11-5-19(6-12-25)2-7-21(16-20-3-9-24(30)10-4-20)22-8-13-26-23(17-22)18-27(28)32-26/h3-13,17-18,29-30H,2,14-16H2,1H3. The Hall–Kier alpha value is -3.21. The third kappa shape index (κ3) is 5.72. The fraction of sp³-hybridized carbons (Fsp3) is 0.185. The van der Waals surface area contributed by atoms with E-state index in [9.17, 15) is 5.11 Å². The molecule has 0 radical (unpaired) electrons. The predicted molar refractivity (Wildman–Crippen MR) is 131 cm³/mol. The van der Waals surface area contributed by atoms with Crippen molar-refractivity contribution in [2.24, 2.45) is 0 Å². The van der Waals surface area contributed by atoms with Crippen molar-refractivity contribution in [3.63, 3.8) is 0 Å². The Morgan fingerprint density at radius 1 is 1.00 bits per heavy atom. The van der Waals surface area contributed by atoms with Crippen LogP contribution in [0.15, 0.2) is 83.3 Å². The molecule has 0 saturated heterocycles. The highest BCUT2D eigenvalue weighted by Crippen LogP contribution is 2.29. The van der Waals surface area contributed by atoms with Gasteiger partial charge in [0.15, 0.2) is 5.22 Å². The summed E-state index contributed by atoms with van der Waals surface area (Å²) < 4.78 is 11.2. The summed E-state index contributed by atoms with van der Waals surface area (Å²) in [4.78, 5) is 0. The number of phenols is 1. The number of nitrogens with one attached hydrogen (secondary N) is 1. The number of rotatable bonds is 9. The fourth-order valence-corrected chi connectivity index (χ4v) is 3.77. The maximum Gasteiger partial charge on any atom is 0.194 e. The maximum atomic E-state index is 9.62. The van der Waals surface area contributed by atoms with Gasteiger partial charge >= 0.3 is 0 Å². The summed E-state index contributed by atoms with van der Waals surface area (Å²) in [5, 5.41) is 14.1. The number of halogens is 1. The monoisotopic (exact) mass is 447 g/mol. The molecule has 0 aliphatic heterocycles. The minimum absolute atomic E-state index is 0.269. The van der Waals surface area contributed by atoms with Gasteiger partial charge in [-0.15, -0.1) is 0 Å². The predicted octanol–water partition coefficient (Wildman–Crippen LogP) is 6.26. The molecule has 4 rings (SSSR count). The van der Waals surface area contributed by atoms with Gasteiger partial charge in [0.2, 0.25) is 0 Å². The zero-order chi connectivity index (χ0) is 22.3. The molecule has 1 aromatic heterocycles. The van der Waals surface area contributed by atoms with Gasteiger partial charge in [0.1, 0.15) is 23.7 Å². The molecule has 0 saturated carbocycles. The minimum atomic E-state index is 0.269. The molecule has 4 aromatic rings. The van der Waals surface area contributed by atoms with E-state index in [0.717, 1.165) is 47.2 Å². The number of furan rings is 1. The van der Waals surface area contributed by atoms with Crippen LogP contribution in [-0.2, 0) is 12.8 Å².